The molecule has 2 saturated carbocycles. The van der Waals surface area contributed by atoms with E-state index in [4.69, 9.17) is 4.74 Å². The molecular formula is C26H30N2O2. The van der Waals surface area contributed by atoms with Crippen LogP contribution in [0.2, 0.25) is 0 Å². The maximum Gasteiger partial charge on any atom is 0.251 e. The van der Waals surface area contributed by atoms with Crippen LogP contribution in [0.4, 0.5) is 5.69 Å². The van der Waals surface area contributed by atoms with Gasteiger partial charge in [0.2, 0.25) is 0 Å². The molecule has 2 aliphatic heterocycles. The summed E-state index contributed by atoms with van der Waals surface area (Å²) in [5.74, 6) is 2.78. The minimum atomic E-state index is 0.0261. The van der Waals surface area contributed by atoms with Crippen molar-refractivity contribution in [3.8, 4) is 0 Å². The van der Waals surface area contributed by atoms with Crippen LogP contribution in [0.15, 0.2) is 48.5 Å². The molecule has 2 aliphatic carbocycles. The Labute approximate surface area is 178 Å². The molecule has 6 atom stereocenters. The second-order valence-electron chi connectivity index (χ2n) is 9.62. The first-order chi connectivity index (χ1) is 14.8. The molecule has 2 aromatic carbocycles. The van der Waals surface area contributed by atoms with Crippen LogP contribution in [0.1, 0.15) is 65.5 Å². The molecule has 3 fully saturated rings. The van der Waals surface area contributed by atoms with Crippen molar-refractivity contribution < 1.29 is 9.53 Å². The fourth-order valence-corrected chi connectivity index (χ4v) is 6.73. The zero-order chi connectivity index (χ0) is 20.1. The molecule has 0 spiro atoms. The smallest absolute Gasteiger partial charge is 0.251 e. The van der Waals surface area contributed by atoms with Crippen molar-refractivity contribution >= 4 is 11.6 Å². The number of hydrogen-bond donors (Lipinski definition) is 2. The van der Waals surface area contributed by atoms with Crippen LogP contribution in [0, 0.1) is 17.8 Å². The average Bonchev–Trinajstić information content (AvgIpc) is 3.55. The van der Waals surface area contributed by atoms with E-state index in [1.54, 1.807) is 0 Å². The van der Waals surface area contributed by atoms with Crippen LogP contribution in [0.25, 0.3) is 0 Å². The molecule has 0 aromatic heterocycles. The minimum absolute atomic E-state index is 0.0261. The summed E-state index contributed by atoms with van der Waals surface area (Å²) in [7, 11) is 0. The molecule has 1 amide bonds. The van der Waals surface area contributed by atoms with Gasteiger partial charge in [-0.1, -0.05) is 30.3 Å². The summed E-state index contributed by atoms with van der Waals surface area (Å²) >= 11 is 0. The average molecular weight is 403 g/mol. The zero-order valence-electron chi connectivity index (χ0n) is 17.3. The van der Waals surface area contributed by atoms with Gasteiger partial charge in [0.25, 0.3) is 5.91 Å². The Bertz CT molecular complexity index is 937. The highest BCUT2D eigenvalue weighted by molar-refractivity contribution is 5.95. The largest absolute Gasteiger partial charge is 0.378 e. The number of hydrogen-bond acceptors (Lipinski definition) is 3. The van der Waals surface area contributed by atoms with Gasteiger partial charge in [-0.05, 0) is 85.1 Å². The second kappa shape index (κ2) is 7.42. The molecular weight excluding hydrogens is 372 g/mol. The SMILES string of the molecule is O=C(NC[C@@H]1CCCO1)c1ccc2c(c1)[C@H]1[C@H]3CC[C@@H](C3)[C@H]1[C@@H](c1ccccc1)N2. The van der Waals surface area contributed by atoms with E-state index in [0.717, 1.165) is 36.8 Å². The molecule has 2 aromatic rings. The summed E-state index contributed by atoms with van der Waals surface area (Å²) in [5, 5.41) is 6.95. The fourth-order valence-electron chi connectivity index (χ4n) is 6.73. The highest BCUT2D eigenvalue weighted by atomic mass is 16.5. The van der Waals surface area contributed by atoms with Crippen molar-refractivity contribution in [1.82, 2.24) is 5.32 Å². The summed E-state index contributed by atoms with van der Waals surface area (Å²) < 4.78 is 5.65. The normalized spacial score (nSPS) is 33.6. The molecule has 2 N–H and O–H groups in total. The van der Waals surface area contributed by atoms with Gasteiger partial charge in [-0.3, -0.25) is 4.79 Å². The molecule has 4 heteroatoms. The van der Waals surface area contributed by atoms with Gasteiger partial charge in [0.15, 0.2) is 0 Å². The van der Waals surface area contributed by atoms with Crippen molar-refractivity contribution in [1.29, 1.82) is 0 Å². The van der Waals surface area contributed by atoms with Crippen molar-refractivity contribution in [2.45, 2.75) is 50.2 Å². The van der Waals surface area contributed by atoms with Gasteiger partial charge in [-0.25, -0.2) is 0 Å². The molecule has 4 nitrogen and oxygen atoms in total. The number of carbonyl (C=O) groups excluding carboxylic acids is 1. The zero-order valence-corrected chi connectivity index (χ0v) is 17.3. The summed E-state index contributed by atoms with van der Waals surface area (Å²) in [6.45, 7) is 1.43. The molecule has 2 bridgehead atoms. The second-order valence-corrected chi connectivity index (χ2v) is 9.62. The van der Waals surface area contributed by atoms with Gasteiger partial charge in [-0.15, -0.1) is 0 Å². The fraction of sp³-hybridized carbons (Fsp3) is 0.500. The van der Waals surface area contributed by atoms with Gasteiger partial charge >= 0.3 is 0 Å². The van der Waals surface area contributed by atoms with Gasteiger partial charge < -0.3 is 15.4 Å². The van der Waals surface area contributed by atoms with E-state index < -0.39 is 0 Å². The lowest BCUT2D eigenvalue weighted by atomic mass is 9.68. The monoisotopic (exact) mass is 402 g/mol. The highest BCUT2D eigenvalue weighted by Gasteiger charge is 2.53. The Morgan fingerprint density at radius 2 is 1.93 bits per heavy atom. The predicted molar refractivity (Wildman–Crippen MR) is 118 cm³/mol. The van der Waals surface area contributed by atoms with E-state index >= 15 is 0 Å². The van der Waals surface area contributed by atoms with Crippen molar-refractivity contribution in [3.63, 3.8) is 0 Å². The Balaban J connectivity index is 1.29. The Kier molecular flexibility index (Phi) is 4.56. The quantitative estimate of drug-likeness (QED) is 0.765. The molecule has 156 valence electrons. The minimum Gasteiger partial charge on any atom is -0.378 e. The molecule has 4 aliphatic rings. The van der Waals surface area contributed by atoms with Crippen LogP contribution in [-0.4, -0.2) is 25.2 Å². The van der Waals surface area contributed by atoms with Crippen LogP contribution >= 0.6 is 0 Å². The van der Waals surface area contributed by atoms with Crippen LogP contribution in [0.5, 0.6) is 0 Å². The molecule has 0 unspecified atom stereocenters. The first-order valence-corrected chi connectivity index (χ1v) is 11.6. The van der Waals surface area contributed by atoms with Gasteiger partial charge in [0, 0.05) is 24.4 Å². The number of benzene rings is 2. The van der Waals surface area contributed by atoms with Crippen molar-refractivity contribution in [2.75, 3.05) is 18.5 Å². The van der Waals surface area contributed by atoms with Crippen molar-refractivity contribution in [2.24, 2.45) is 17.8 Å². The van der Waals surface area contributed by atoms with E-state index in [2.05, 4.69) is 53.1 Å². The van der Waals surface area contributed by atoms with Gasteiger partial charge in [0.05, 0.1) is 12.1 Å². The lowest BCUT2D eigenvalue weighted by Crippen LogP contribution is -2.36. The van der Waals surface area contributed by atoms with E-state index in [1.165, 1.54) is 36.1 Å². The summed E-state index contributed by atoms with van der Waals surface area (Å²) in [4.78, 5) is 12.8. The van der Waals surface area contributed by atoms with E-state index in [0.29, 0.717) is 24.4 Å². The van der Waals surface area contributed by atoms with Crippen molar-refractivity contribution in [3.05, 3.63) is 65.2 Å². The maximum atomic E-state index is 12.8. The van der Waals surface area contributed by atoms with Gasteiger partial charge in [-0.2, -0.15) is 0 Å². The number of amides is 1. The molecule has 6 rings (SSSR count). The summed E-state index contributed by atoms with van der Waals surface area (Å²) in [6.07, 6.45) is 6.35. The first-order valence-electron chi connectivity index (χ1n) is 11.6. The number of nitrogens with one attached hydrogen (secondary N) is 2. The summed E-state index contributed by atoms with van der Waals surface area (Å²) in [6, 6.07) is 17.6. The Morgan fingerprint density at radius 3 is 2.77 bits per heavy atom. The van der Waals surface area contributed by atoms with Crippen LogP contribution in [-0.2, 0) is 4.74 Å². The maximum absolute atomic E-state index is 12.8. The third-order valence-electron chi connectivity index (χ3n) is 8.02. The van der Waals surface area contributed by atoms with Gasteiger partial charge in [0.1, 0.15) is 0 Å². The topological polar surface area (TPSA) is 50.4 Å². The molecule has 1 saturated heterocycles. The third-order valence-corrected chi connectivity index (χ3v) is 8.02. The number of fused-ring (bicyclic) bond motifs is 7. The summed E-state index contributed by atoms with van der Waals surface area (Å²) in [5.41, 5.74) is 4.76. The standard InChI is InChI=1S/C26H30N2O2/c29-26(27-15-20-7-4-12-30-20)19-10-11-22-21(14-19)23-17-8-9-18(13-17)24(23)25(28-22)16-5-2-1-3-6-16/h1-3,5-6,10-11,14,17-18,20,23-25,28H,4,7-9,12-13,15H2,(H,27,29)/t17-,18-,20-,23+,24+,25+/m0/s1. The third kappa shape index (κ3) is 3.04. The Morgan fingerprint density at radius 1 is 1.07 bits per heavy atom. The van der Waals surface area contributed by atoms with Crippen LogP contribution < -0.4 is 10.6 Å². The number of carbonyl (C=O) groups is 1. The lowest BCUT2D eigenvalue weighted by molar-refractivity contribution is 0.0857. The lowest BCUT2D eigenvalue weighted by Gasteiger charge is -2.43. The van der Waals surface area contributed by atoms with E-state index in [1.807, 2.05) is 6.07 Å². The Hall–Kier alpha value is -2.33. The van der Waals surface area contributed by atoms with E-state index in [-0.39, 0.29) is 12.0 Å². The molecule has 30 heavy (non-hydrogen) atoms. The van der Waals surface area contributed by atoms with E-state index in [9.17, 15) is 4.79 Å². The van der Waals surface area contributed by atoms with Crippen LogP contribution in [0.3, 0.4) is 0 Å². The first kappa shape index (κ1) is 18.4. The molecule has 2 heterocycles. The highest BCUT2D eigenvalue weighted by Crippen LogP contribution is 2.63. The number of anilines is 1. The predicted octanol–water partition coefficient (Wildman–Crippen LogP) is 4.89. The number of rotatable bonds is 4. The molecule has 0 radical (unpaired) electrons. The number of ether oxygens (including phenoxy) is 1.